The zero-order valence-electron chi connectivity index (χ0n) is 26.7. The van der Waals surface area contributed by atoms with Gasteiger partial charge in [0.15, 0.2) is 11.5 Å². The number of fused-ring (bicyclic) bond motifs is 1. The van der Waals surface area contributed by atoms with Crippen LogP contribution in [0.25, 0.3) is 11.1 Å². The van der Waals surface area contributed by atoms with Crippen molar-refractivity contribution >= 4 is 5.97 Å². The Hall–Kier alpha value is -5.62. The number of aromatic nitrogens is 1. The van der Waals surface area contributed by atoms with Gasteiger partial charge >= 0.3 is 5.97 Å². The fourth-order valence-corrected chi connectivity index (χ4v) is 5.48. The molecule has 0 saturated heterocycles. The van der Waals surface area contributed by atoms with Gasteiger partial charge in [-0.15, -0.1) is 0 Å². The second kappa shape index (κ2) is 15.8. The van der Waals surface area contributed by atoms with Crippen LogP contribution < -0.4 is 24.3 Å². The summed E-state index contributed by atoms with van der Waals surface area (Å²) < 4.78 is 23.9. The number of benzene rings is 3. The van der Waals surface area contributed by atoms with Gasteiger partial charge in [0, 0.05) is 41.7 Å². The first-order valence-corrected chi connectivity index (χ1v) is 15.5. The number of hydrogen-bond acceptors (Lipinski definition) is 10. The van der Waals surface area contributed by atoms with Crippen molar-refractivity contribution in [1.29, 1.82) is 10.5 Å². The minimum Gasteiger partial charge on any atom is -0.488 e. The summed E-state index contributed by atoms with van der Waals surface area (Å²) >= 11 is 0. The lowest BCUT2D eigenvalue weighted by Gasteiger charge is -2.20. The number of pyridine rings is 1. The Morgan fingerprint density at radius 3 is 2.52 bits per heavy atom. The smallest absolute Gasteiger partial charge is 0.309 e. The van der Waals surface area contributed by atoms with Gasteiger partial charge in [0.05, 0.1) is 23.7 Å². The zero-order chi connectivity index (χ0) is 34.0. The average molecular weight is 649 g/mol. The number of aliphatic hydroxyl groups excluding tert-OH is 1. The predicted molar refractivity (Wildman–Crippen MR) is 175 cm³/mol. The molecule has 0 bridgehead atoms. The quantitative estimate of drug-likeness (QED) is 0.165. The molecule has 11 nitrogen and oxygen atoms in total. The first-order valence-electron chi connectivity index (χ1n) is 15.5. The van der Waals surface area contributed by atoms with Gasteiger partial charge in [0.25, 0.3) is 0 Å². The standard InChI is InChI=1S/C37H36N4O7/c1-23-10-29(19-40-16-24(2)32(20-42)37(43)44)35(47-21-26-11-25(14-38)17-41-18-26)13-34(23)48-22-28-4-3-5-30(31(28)15-39)27-6-7-33-36(12-27)46-9-8-45-33/h3-7,10-13,17-18,24,32,40,42H,8-9,16,19-22H2,1-2H3,(H,43,44). The van der Waals surface area contributed by atoms with Gasteiger partial charge in [0.2, 0.25) is 0 Å². The van der Waals surface area contributed by atoms with Crippen LogP contribution in [0.5, 0.6) is 23.0 Å². The normalized spacial score (nSPS) is 13.1. The Labute approximate surface area is 278 Å². The van der Waals surface area contributed by atoms with E-state index in [9.17, 15) is 25.5 Å². The maximum absolute atomic E-state index is 11.5. The van der Waals surface area contributed by atoms with E-state index in [4.69, 9.17) is 18.9 Å². The number of nitrogens with one attached hydrogen (secondary N) is 1. The SMILES string of the molecule is Cc1cc(CNCC(C)C(CO)C(=O)O)c(OCc2cncc(C#N)c2)cc1OCc1cccc(-c2ccc3c(c2)OCCO3)c1C#N. The van der Waals surface area contributed by atoms with Gasteiger partial charge in [0.1, 0.15) is 50.1 Å². The van der Waals surface area contributed by atoms with Crippen LogP contribution in [0.3, 0.4) is 0 Å². The summed E-state index contributed by atoms with van der Waals surface area (Å²) in [7, 11) is 0. The van der Waals surface area contributed by atoms with Gasteiger partial charge in [-0.25, -0.2) is 0 Å². The topological polar surface area (TPSA) is 167 Å². The van der Waals surface area contributed by atoms with Crippen LogP contribution in [0.1, 0.15) is 40.3 Å². The highest BCUT2D eigenvalue weighted by Crippen LogP contribution is 2.37. The molecular weight excluding hydrogens is 612 g/mol. The Morgan fingerprint density at radius 2 is 1.77 bits per heavy atom. The van der Waals surface area contributed by atoms with E-state index in [0.29, 0.717) is 71.6 Å². The minimum absolute atomic E-state index is 0.128. The number of aryl methyl sites for hydroxylation is 1. The van der Waals surface area contributed by atoms with Crippen LogP contribution in [0, 0.1) is 41.4 Å². The number of ether oxygens (including phenoxy) is 4. The Balaban J connectivity index is 1.37. The molecule has 1 aliphatic heterocycles. The van der Waals surface area contributed by atoms with Crippen LogP contribution in [-0.2, 0) is 24.6 Å². The summed E-state index contributed by atoms with van der Waals surface area (Å²) in [5.41, 5.74) is 5.57. The number of nitriles is 2. The molecule has 1 aliphatic rings. The van der Waals surface area contributed by atoms with Gasteiger partial charge < -0.3 is 34.5 Å². The van der Waals surface area contributed by atoms with Crippen LogP contribution >= 0.6 is 0 Å². The molecule has 48 heavy (non-hydrogen) atoms. The third kappa shape index (κ3) is 8.02. The number of nitrogens with zero attached hydrogens (tertiary/aromatic N) is 3. The largest absolute Gasteiger partial charge is 0.488 e. The number of aliphatic carboxylic acids is 1. The molecule has 11 heteroatoms. The molecular formula is C37H36N4O7. The van der Waals surface area contributed by atoms with E-state index >= 15 is 0 Å². The van der Waals surface area contributed by atoms with E-state index in [-0.39, 0.29) is 19.1 Å². The van der Waals surface area contributed by atoms with E-state index < -0.39 is 18.5 Å². The van der Waals surface area contributed by atoms with E-state index in [1.165, 1.54) is 6.20 Å². The Kier molecular flexibility index (Phi) is 11.1. The Morgan fingerprint density at radius 1 is 0.979 bits per heavy atom. The first kappa shape index (κ1) is 33.7. The average Bonchev–Trinajstić information content (AvgIpc) is 3.10. The number of hydrogen-bond donors (Lipinski definition) is 3. The number of aliphatic hydroxyl groups is 1. The summed E-state index contributed by atoms with van der Waals surface area (Å²) in [6.07, 6.45) is 3.11. The lowest BCUT2D eigenvalue weighted by Crippen LogP contribution is -2.32. The highest BCUT2D eigenvalue weighted by molar-refractivity contribution is 5.74. The predicted octanol–water partition coefficient (Wildman–Crippen LogP) is 5.15. The fraction of sp³-hybridized carbons (Fsp3) is 0.297. The molecule has 2 unspecified atom stereocenters. The Bertz CT molecular complexity index is 1860. The van der Waals surface area contributed by atoms with Crippen molar-refractivity contribution in [3.63, 3.8) is 0 Å². The van der Waals surface area contributed by atoms with Crippen molar-refractivity contribution in [2.75, 3.05) is 26.4 Å². The molecule has 0 fully saturated rings. The van der Waals surface area contributed by atoms with E-state index in [1.54, 1.807) is 25.3 Å². The van der Waals surface area contributed by atoms with Crippen molar-refractivity contribution in [2.24, 2.45) is 11.8 Å². The van der Waals surface area contributed by atoms with E-state index in [0.717, 1.165) is 22.3 Å². The van der Waals surface area contributed by atoms with Gasteiger partial charge in [-0.05, 0) is 60.3 Å². The van der Waals surface area contributed by atoms with Crippen molar-refractivity contribution in [3.05, 3.63) is 100 Å². The number of carbonyl (C=O) groups is 1. The van der Waals surface area contributed by atoms with E-state index in [1.807, 2.05) is 49.4 Å². The summed E-state index contributed by atoms with van der Waals surface area (Å²) in [5, 5.41) is 41.6. The lowest BCUT2D eigenvalue weighted by atomic mass is 9.95. The molecule has 3 aromatic carbocycles. The fourth-order valence-electron chi connectivity index (χ4n) is 5.48. The van der Waals surface area contributed by atoms with Crippen LogP contribution in [0.2, 0.25) is 0 Å². The van der Waals surface area contributed by atoms with Crippen molar-refractivity contribution in [1.82, 2.24) is 10.3 Å². The third-order valence-corrected chi connectivity index (χ3v) is 8.16. The number of rotatable bonds is 14. The molecule has 5 rings (SSSR count). The highest BCUT2D eigenvalue weighted by Gasteiger charge is 2.24. The second-order valence-corrected chi connectivity index (χ2v) is 11.5. The summed E-state index contributed by atoms with van der Waals surface area (Å²) in [5.74, 6) is 0.170. The monoisotopic (exact) mass is 648 g/mol. The molecule has 0 spiro atoms. The van der Waals surface area contributed by atoms with Crippen LogP contribution in [0.15, 0.2) is 67.0 Å². The molecule has 1 aromatic heterocycles. The molecule has 3 N–H and O–H groups in total. The van der Waals surface area contributed by atoms with Crippen LogP contribution in [-0.4, -0.2) is 47.5 Å². The zero-order valence-corrected chi connectivity index (χ0v) is 26.7. The third-order valence-electron chi connectivity index (χ3n) is 8.16. The maximum atomic E-state index is 11.5. The summed E-state index contributed by atoms with van der Waals surface area (Å²) in [4.78, 5) is 15.6. The van der Waals surface area contributed by atoms with Crippen molar-refractivity contribution in [2.45, 2.75) is 33.6 Å². The van der Waals surface area contributed by atoms with Gasteiger partial charge in [-0.2, -0.15) is 10.5 Å². The summed E-state index contributed by atoms with van der Waals surface area (Å²) in [6.45, 7) is 5.20. The molecule has 2 heterocycles. The van der Waals surface area contributed by atoms with Gasteiger partial charge in [-0.3, -0.25) is 9.78 Å². The molecule has 0 amide bonds. The van der Waals surface area contributed by atoms with Crippen LogP contribution in [0.4, 0.5) is 0 Å². The molecule has 0 saturated carbocycles. The molecule has 2 atom stereocenters. The van der Waals surface area contributed by atoms with Gasteiger partial charge in [-0.1, -0.05) is 31.2 Å². The maximum Gasteiger partial charge on any atom is 0.309 e. The highest BCUT2D eigenvalue weighted by atomic mass is 16.6. The molecule has 0 aliphatic carbocycles. The lowest BCUT2D eigenvalue weighted by molar-refractivity contribution is -0.145. The number of carboxylic acid groups (broad SMARTS) is 1. The van der Waals surface area contributed by atoms with E-state index in [2.05, 4.69) is 22.4 Å². The molecule has 4 aromatic rings. The first-order chi connectivity index (χ1) is 23.3. The molecule has 246 valence electrons. The second-order valence-electron chi connectivity index (χ2n) is 11.5. The summed E-state index contributed by atoms with van der Waals surface area (Å²) in [6, 6.07) is 21.1. The minimum atomic E-state index is -1.04. The van der Waals surface area contributed by atoms with Crippen molar-refractivity contribution < 1.29 is 34.0 Å². The molecule has 0 radical (unpaired) electrons. The van der Waals surface area contributed by atoms with Crippen molar-refractivity contribution in [3.8, 4) is 46.3 Å². The number of carboxylic acids is 1.